The smallest absolute Gasteiger partial charge is 0.228 e. The Bertz CT molecular complexity index is 530. The molecule has 120 valence electrons. The number of hydrogen-bond acceptors (Lipinski definition) is 6. The molecule has 7 heteroatoms. The second-order valence-electron chi connectivity index (χ2n) is 5.96. The van der Waals surface area contributed by atoms with Crippen LogP contribution in [0, 0.1) is 5.92 Å². The van der Waals surface area contributed by atoms with Crippen LogP contribution in [0.25, 0.3) is 0 Å². The summed E-state index contributed by atoms with van der Waals surface area (Å²) in [4.78, 5) is 27.5. The summed E-state index contributed by atoms with van der Waals surface area (Å²) in [5, 5.41) is 0. The predicted molar refractivity (Wildman–Crippen MR) is 83.0 cm³/mol. The molecule has 0 spiro atoms. The number of nitrogens with zero attached hydrogens (tertiary/aromatic N) is 5. The minimum Gasteiger partial charge on any atom is -0.481 e. The fourth-order valence-corrected chi connectivity index (χ4v) is 3.12. The van der Waals surface area contributed by atoms with E-state index in [1.165, 1.54) is 0 Å². The van der Waals surface area contributed by atoms with Gasteiger partial charge in [-0.25, -0.2) is 4.98 Å². The fourth-order valence-electron chi connectivity index (χ4n) is 3.12. The maximum atomic E-state index is 12.5. The van der Waals surface area contributed by atoms with Gasteiger partial charge >= 0.3 is 0 Å². The zero-order valence-corrected chi connectivity index (χ0v) is 13.2. The highest BCUT2D eigenvalue weighted by Gasteiger charge is 2.31. The van der Waals surface area contributed by atoms with Gasteiger partial charge in [0.1, 0.15) is 0 Å². The second kappa shape index (κ2) is 6.48. The zero-order chi connectivity index (χ0) is 15.5. The molecule has 0 aromatic carbocycles. The number of likely N-dealkylation sites (tertiary alicyclic amines) is 1. The maximum Gasteiger partial charge on any atom is 0.228 e. The molecule has 3 heterocycles. The molecule has 1 amide bonds. The Hall–Kier alpha value is -1.89. The van der Waals surface area contributed by atoms with Crippen LogP contribution in [-0.4, -0.2) is 79.1 Å². The van der Waals surface area contributed by atoms with Gasteiger partial charge in [-0.1, -0.05) is 0 Å². The van der Waals surface area contributed by atoms with Crippen LogP contribution in [0.2, 0.25) is 0 Å². The molecule has 0 bridgehead atoms. The van der Waals surface area contributed by atoms with Gasteiger partial charge in [-0.15, -0.1) is 0 Å². The van der Waals surface area contributed by atoms with Crippen molar-refractivity contribution in [3.8, 4) is 5.88 Å². The van der Waals surface area contributed by atoms with Crippen molar-refractivity contribution in [2.45, 2.75) is 6.42 Å². The number of amides is 1. The van der Waals surface area contributed by atoms with E-state index in [-0.39, 0.29) is 5.92 Å². The first-order chi connectivity index (χ1) is 10.7. The lowest BCUT2D eigenvalue weighted by Gasteiger charge is -2.35. The van der Waals surface area contributed by atoms with E-state index in [4.69, 9.17) is 4.74 Å². The van der Waals surface area contributed by atoms with Crippen molar-refractivity contribution in [1.82, 2.24) is 19.8 Å². The summed E-state index contributed by atoms with van der Waals surface area (Å²) in [6.07, 6.45) is 2.68. The van der Waals surface area contributed by atoms with Crippen molar-refractivity contribution >= 4 is 11.9 Å². The Kier molecular flexibility index (Phi) is 4.42. The largest absolute Gasteiger partial charge is 0.481 e. The van der Waals surface area contributed by atoms with Gasteiger partial charge in [0, 0.05) is 45.0 Å². The van der Waals surface area contributed by atoms with E-state index in [9.17, 15) is 4.79 Å². The van der Waals surface area contributed by atoms with Gasteiger partial charge in [-0.05, 0) is 20.0 Å². The number of rotatable bonds is 3. The van der Waals surface area contributed by atoms with Gasteiger partial charge < -0.3 is 19.4 Å². The van der Waals surface area contributed by atoms with Crippen molar-refractivity contribution < 1.29 is 9.53 Å². The van der Waals surface area contributed by atoms with Crippen molar-refractivity contribution in [2.75, 3.05) is 58.3 Å². The standard InChI is InChI=1S/C15H23N5O2/c1-18-6-4-12(11-18)14(21)19-7-9-20(10-8-19)15-16-5-3-13(17-15)22-2/h3,5,12H,4,6-11H2,1-2H3. The van der Waals surface area contributed by atoms with Gasteiger partial charge in [-0.3, -0.25) is 4.79 Å². The van der Waals surface area contributed by atoms with Gasteiger partial charge in [0.15, 0.2) is 0 Å². The first-order valence-electron chi connectivity index (χ1n) is 7.76. The fraction of sp³-hybridized carbons (Fsp3) is 0.667. The van der Waals surface area contributed by atoms with E-state index in [1.54, 1.807) is 19.4 Å². The Balaban J connectivity index is 1.56. The lowest BCUT2D eigenvalue weighted by atomic mass is 10.1. The molecule has 2 aliphatic heterocycles. The van der Waals surface area contributed by atoms with Crippen LogP contribution in [0.3, 0.4) is 0 Å². The third-order valence-electron chi connectivity index (χ3n) is 4.44. The summed E-state index contributed by atoms with van der Waals surface area (Å²) < 4.78 is 5.14. The minimum absolute atomic E-state index is 0.171. The summed E-state index contributed by atoms with van der Waals surface area (Å²) in [7, 11) is 3.67. The number of hydrogen-bond donors (Lipinski definition) is 0. The number of piperazine rings is 1. The van der Waals surface area contributed by atoms with Crippen molar-refractivity contribution in [3.63, 3.8) is 0 Å². The normalized spacial score (nSPS) is 22.9. The molecular formula is C15H23N5O2. The first kappa shape index (κ1) is 15.0. The van der Waals surface area contributed by atoms with E-state index < -0.39 is 0 Å². The van der Waals surface area contributed by atoms with E-state index in [2.05, 4.69) is 26.8 Å². The van der Waals surface area contributed by atoms with Crippen molar-refractivity contribution in [1.29, 1.82) is 0 Å². The highest BCUT2D eigenvalue weighted by Crippen LogP contribution is 2.19. The highest BCUT2D eigenvalue weighted by molar-refractivity contribution is 5.79. The number of methoxy groups -OCH3 is 1. The first-order valence-corrected chi connectivity index (χ1v) is 7.76. The lowest BCUT2D eigenvalue weighted by molar-refractivity contribution is -0.135. The third-order valence-corrected chi connectivity index (χ3v) is 4.44. The maximum absolute atomic E-state index is 12.5. The van der Waals surface area contributed by atoms with E-state index >= 15 is 0 Å². The summed E-state index contributed by atoms with van der Waals surface area (Å²) >= 11 is 0. The highest BCUT2D eigenvalue weighted by atomic mass is 16.5. The third kappa shape index (κ3) is 3.14. The molecule has 0 saturated carbocycles. The van der Waals surface area contributed by atoms with Crippen LogP contribution in [0.15, 0.2) is 12.3 Å². The molecule has 3 rings (SSSR count). The van der Waals surface area contributed by atoms with Gasteiger partial charge in [0.2, 0.25) is 17.7 Å². The van der Waals surface area contributed by atoms with Gasteiger partial charge in [0.25, 0.3) is 0 Å². The van der Waals surface area contributed by atoms with Gasteiger partial charge in [0.05, 0.1) is 13.0 Å². The molecule has 1 aromatic heterocycles. The Morgan fingerprint density at radius 1 is 1.27 bits per heavy atom. The molecule has 22 heavy (non-hydrogen) atoms. The molecule has 2 fully saturated rings. The molecule has 1 atom stereocenters. The summed E-state index contributed by atoms with van der Waals surface area (Å²) in [5.41, 5.74) is 0. The summed E-state index contributed by atoms with van der Waals surface area (Å²) in [5.74, 6) is 1.71. The molecule has 1 unspecified atom stereocenters. The monoisotopic (exact) mass is 305 g/mol. The van der Waals surface area contributed by atoms with Crippen LogP contribution >= 0.6 is 0 Å². The average molecular weight is 305 g/mol. The number of aromatic nitrogens is 2. The van der Waals surface area contributed by atoms with Crippen LogP contribution in [-0.2, 0) is 4.79 Å². The van der Waals surface area contributed by atoms with E-state index in [0.717, 1.165) is 45.7 Å². The van der Waals surface area contributed by atoms with E-state index in [1.807, 2.05) is 4.90 Å². The average Bonchev–Trinajstić information content (AvgIpc) is 3.01. The van der Waals surface area contributed by atoms with Crippen LogP contribution in [0.5, 0.6) is 5.88 Å². The minimum atomic E-state index is 0.171. The molecule has 0 radical (unpaired) electrons. The van der Waals surface area contributed by atoms with Crippen LogP contribution < -0.4 is 9.64 Å². The molecule has 1 aromatic rings. The summed E-state index contributed by atoms with van der Waals surface area (Å²) in [6, 6.07) is 1.74. The quantitative estimate of drug-likeness (QED) is 0.788. The van der Waals surface area contributed by atoms with Crippen LogP contribution in [0.4, 0.5) is 5.95 Å². The Morgan fingerprint density at radius 2 is 2.05 bits per heavy atom. The Morgan fingerprint density at radius 3 is 2.68 bits per heavy atom. The SMILES string of the molecule is COc1ccnc(N2CCN(C(=O)C3CCN(C)C3)CC2)n1. The van der Waals surface area contributed by atoms with Crippen LogP contribution in [0.1, 0.15) is 6.42 Å². The van der Waals surface area contributed by atoms with E-state index in [0.29, 0.717) is 17.7 Å². The predicted octanol–water partition coefficient (Wildman–Crippen LogP) is 0.0855. The second-order valence-corrected chi connectivity index (χ2v) is 5.96. The topological polar surface area (TPSA) is 61.8 Å². The molecule has 2 aliphatic rings. The van der Waals surface area contributed by atoms with Crippen molar-refractivity contribution in [2.24, 2.45) is 5.92 Å². The molecule has 7 nitrogen and oxygen atoms in total. The number of carbonyl (C=O) groups is 1. The molecule has 2 saturated heterocycles. The summed E-state index contributed by atoms with van der Waals surface area (Å²) in [6.45, 7) is 4.91. The lowest BCUT2D eigenvalue weighted by Crippen LogP contribution is -2.51. The number of anilines is 1. The van der Waals surface area contributed by atoms with Crippen molar-refractivity contribution in [3.05, 3.63) is 12.3 Å². The number of ether oxygens (including phenoxy) is 1. The molecule has 0 N–H and O–H groups in total. The molecule has 0 aliphatic carbocycles. The van der Waals surface area contributed by atoms with Gasteiger partial charge in [-0.2, -0.15) is 4.98 Å². The number of carbonyl (C=O) groups excluding carboxylic acids is 1. The zero-order valence-electron chi connectivity index (χ0n) is 13.2. The Labute approximate surface area is 130 Å². The molecular weight excluding hydrogens is 282 g/mol.